The van der Waals surface area contributed by atoms with Gasteiger partial charge in [0.25, 0.3) is 0 Å². The normalized spacial score (nSPS) is 15.4. The maximum atomic E-state index is 9.23. The summed E-state index contributed by atoms with van der Waals surface area (Å²) in [7, 11) is 0. The predicted octanol–water partition coefficient (Wildman–Crippen LogP) is 5.10. The SMILES string of the molecule is C[C@@H]1CN(Cc2ccc(-n3c(-c4cccnc4N)nc4ccc(-c5ccccc5)nc43)cc2)CCN1c1nccc(C#N)n1. The van der Waals surface area contributed by atoms with Crippen LogP contribution in [0.2, 0.25) is 0 Å². The molecule has 0 saturated carbocycles. The first-order valence-corrected chi connectivity index (χ1v) is 14.5. The molecule has 6 aromatic rings. The zero-order valence-electron chi connectivity index (χ0n) is 24.2. The Balaban J connectivity index is 1.18. The molecule has 10 heteroatoms. The molecule has 216 valence electrons. The van der Waals surface area contributed by atoms with Crippen molar-refractivity contribution in [2.45, 2.75) is 19.5 Å². The minimum absolute atomic E-state index is 0.215. The van der Waals surface area contributed by atoms with Crippen LogP contribution in [0.4, 0.5) is 11.8 Å². The fraction of sp³-hybridized carbons (Fsp3) is 0.176. The number of hydrogen-bond acceptors (Lipinski definition) is 9. The summed E-state index contributed by atoms with van der Waals surface area (Å²) in [4.78, 5) is 27.8. The zero-order chi connectivity index (χ0) is 30.0. The van der Waals surface area contributed by atoms with Crippen molar-refractivity contribution in [3.63, 3.8) is 0 Å². The molecule has 0 spiro atoms. The third-order valence-corrected chi connectivity index (χ3v) is 7.98. The number of nitrogens with two attached hydrogens (primary N) is 1. The van der Waals surface area contributed by atoms with E-state index in [1.54, 1.807) is 18.5 Å². The Morgan fingerprint density at radius 3 is 2.48 bits per heavy atom. The molecule has 1 saturated heterocycles. The maximum absolute atomic E-state index is 9.23. The van der Waals surface area contributed by atoms with E-state index in [0.29, 0.717) is 23.3 Å². The molecule has 10 nitrogen and oxygen atoms in total. The van der Waals surface area contributed by atoms with Crippen LogP contribution in [0.25, 0.3) is 39.5 Å². The number of rotatable bonds is 6. The highest BCUT2D eigenvalue weighted by Gasteiger charge is 2.26. The molecule has 44 heavy (non-hydrogen) atoms. The highest BCUT2D eigenvalue weighted by atomic mass is 15.3. The number of benzene rings is 2. The fourth-order valence-electron chi connectivity index (χ4n) is 5.79. The summed E-state index contributed by atoms with van der Waals surface area (Å²) in [6.07, 6.45) is 3.33. The number of piperazine rings is 1. The van der Waals surface area contributed by atoms with Gasteiger partial charge in [-0.1, -0.05) is 42.5 Å². The molecule has 1 atom stereocenters. The van der Waals surface area contributed by atoms with Gasteiger partial charge in [0.1, 0.15) is 23.1 Å². The van der Waals surface area contributed by atoms with Crippen LogP contribution in [0.15, 0.2) is 97.3 Å². The smallest absolute Gasteiger partial charge is 0.226 e. The fourth-order valence-corrected chi connectivity index (χ4v) is 5.79. The van der Waals surface area contributed by atoms with Gasteiger partial charge in [-0.15, -0.1) is 0 Å². The summed E-state index contributed by atoms with van der Waals surface area (Å²) in [5.74, 6) is 1.73. The predicted molar refractivity (Wildman–Crippen MR) is 171 cm³/mol. The lowest BCUT2D eigenvalue weighted by Crippen LogP contribution is -2.52. The largest absolute Gasteiger partial charge is 0.383 e. The highest BCUT2D eigenvalue weighted by molar-refractivity contribution is 5.84. The second kappa shape index (κ2) is 11.6. The van der Waals surface area contributed by atoms with Crippen LogP contribution < -0.4 is 10.6 Å². The Kier molecular flexibility index (Phi) is 7.14. The van der Waals surface area contributed by atoms with E-state index < -0.39 is 0 Å². The third-order valence-electron chi connectivity index (χ3n) is 7.98. The Bertz CT molecular complexity index is 1980. The van der Waals surface area contributed by atoms with E-state index in [1.165, 1.54) is 5.56 Å². The molecule has 2 N–H and O–H groups in total. The van der Waals surface area contributed by atoms with Gasteiger partial charge in [-0.05, 0) is 55.0 Å². The zero-order valence-corrected chi connectivity index (χ0v) is 24.2. The van der Waals surface area contributed by atoms with Crippen molar-refractivity contribution in [2.24, 2.45) is 0 Å². The van der Waals surface area contributed by atoms with Gasteiger partial charge in [0.2, 0.25) is 5.95 Å². The van der Waals surface area contributed by atoms with E-state index in [-0.39, 0.29) is 6.04 Å². The summed E-state index contributed by atoms with van der Waals surface area (Å²) < 4.78 is 2.06. The Labute approximate surface area is 255 Å². The Morgan fingerprint density at radius 1 is 0.864 bits per heavy atom. The van der Waals surface area contributed by atoms with Gasteiger partial charge in [-0.25, -0.2) is 24.9 Å². The molecule has 0 unspecified atom stereocenters. The Hall–Kier alpha value is -5.66. The minimum Gasteiger partial charge on any atom is -0.383 e. The molecule has 5 heterocycles. The lowest BCUT2D eigenvalue weighted by Gasteiger charge is -2.39. The molecule has 0 amide bonds. The van der Waals surface area contributed by atoms with Crippen molar-refractivity contribution in [1.29, 1.82) is 5.26 Å². The molecule has 1 aliphatic rings. The van der Waals surface area contributed by atoms with E-state index in [1.807, 2.05) is 42.5 Å². The molecule has 2 aromatic carbocycles. The van der Waals surface area contributed by atoms with Crippen molar-refractivity contribution in [2.75, 3.05) is 30.3 Å². The average molecular weight is 579 g/mol. The number of pyridine rings is 2. The third kappa shape index (κ3) is 5.21. The Morgan fingerprint density at radius 2 is 1.70 bits per heavy atom. The highest BCUT2D eigenvalue weighted by Crippen LogP contribution is 2.32. The summed E-state index contributed by atoms with van der Waals surface area (Å²) >= 11 is 0. The van der Waals surface area contributed by atoms with Gasteiger partial charge in [-0.3, -0.25) is 9.47 Å². The lowest BCUT2D eigenvalue weighted by molar-refractivity contribution is 0.219. The molecule has 0 bridgehead atoms. The second-order valence-electron chi connectivity index (χ2n) is 10.9. The topological polar surface area (TPSA) is 126 Å². The lowest BCUT2D eigenvalue weighted by atomic mass is 10.1. The number of nitriles is 1. The average Bonchev–Trinajstić information content (AvgIpc) is 3.44. The number of hydrogen-bond donors (Lipinski definition) is 1. The van der Waals surface area contributed by atoms with Gasteiger partial charge in [0.15, 0.2) is 11.5 Å². The van der Waals surface area contributed by atoms with Crippen molar-refractivity contribution in [3.8, 4) is 34.4 Å². The summed E-state index contributed by atoms with van der Waals surface area (Å²) in [5.41, 5.74) is 13.1. The summed E-state index contributed by atoms with van der Waals surface area (Å²) in [5, 5.41) is 9.23. The van der Waals surface area contributed by atoms with Crippen molar-refractivity contribution >= 4 is 22.9 Å². The van der Waals surface area contributed by atoms with E-state index >= 15 is 0 Å². The van der Waals surface area contributed by atoms with Crippen LogP contribution in [-0.2, 0) is 6.54 Å². The van der Waals surface area contributed by atoms with E-state index in [9.17, 15) is 5.26 Å². The van der Waals surface area contributed by atoms with E-state index in [0.717, 1.165) is 59.9 Å². The molecular formula is C34H30N10. The van der Waals surface area contributed by atoms with Crippen LogP contribution in [0, 0.1) is 11.3 Å². The van der Waals surface area contributed by atoms with Gasteiger partial charge in [0.05, 0.1) is 11.3 Å². The molecule has 4 aromatic heterocycles. The van der Waals surface area contributed by atoms with Crippen LogP contribution in [0.5, 0.6) is 0 Å². The summed E-state index contributed by atoms with van der Waals surface area (Å²) in [6.45, 7) is 5.52. The monoisotopic (exact) mass is 578 g/mol. The van der Waals surface area contributed by atoms with Crippen LogP contribution in [0.1, 0.15) is 18.2 Å². The number of nitrogen functional groups attached to an aromatic ring is 1. The summed E-state index contributed by atoms with van der Waals surface area (Å²) in [6, 6.07) is 30.5. The van der Waals surface area contributed by atoms with E-state index in [2.05, 4.69) is 78.7 Å². The first-order chi connectivity index (χ1) is 21.6. The molecule has 0 aliphatic carbocycles. The maximum Gasteiger partial charge on any atom is 0.226 e. The number of imidazole rings is 1. The first kappa shape index (κ1) is 27.2. The minimum atomic E-state index is 0.215. The van der Waals surface area contributed by atoms with Crippen molar-refractivity contribution in [1.82, 2.24) is 34.4 Å². The molecule has 7 rings (SSSR count). The quantitative estimate of drug-likeness (QED) is 0.287. The standard InChI is InChI=1S/C34H30N10/c1-23-21-42(18-19-43(23)34-38-17-15-26(20-35)39-34)22-24-9-11-27(12-10-24)44-32(28-8-5-16-37-31(28)36)41-30-14-13-29(40-33(30)44)25-6-3-2-4-7-25/h2-17,23H,18-19,21-22H2,1H3,(H2,36,37)/t23-/m1/s1. The van der Waals surface area contributed by atoms with Gasteiger partial charge in [-0.2, -0.15) is 5.26 Å². The van der Waals surface area contributed by atoms with Crippen molar-refractivity contribution < 1.29 is 0 Å². The number of anilines is 2. The van der Waals surface area contributed by atoms with Crippen LogP contribution >= 0.6 is 0 Å². The van der Waals surface area contributed by atoms with Crippen molar-refractivity contribution in [3.05, 3.63) is 109 Å². The van der Waals surface area contributed by atoms with Gasteiger partial charge < -0.3 is 10.6 Å². The first-order valence-electron chi connectivity index (χ1n) is 14.5. The number of fused-ring (bicyclic) bond motifs is 1. The molecular weight excluding hydrogens is 548 g/mol. The molecule has 0 radical (unpaired) electrons. The van der Waals surface area contributed by atoms with Crippen LogP contribution in [-0.4, -0.2) is 60.1 Å². The van der Waals surface area contributed by atoms with Gasteiger partial charge >= 0.3 is 0 Å². The molecule has 1 aliphatic heterocycles. The van der Waals surface area contributed by atoms with Crippen LogP contribution in [0.3, 0.4) is 0 Å². The van der Waals surface area contributed by atoms with E-state index in [4.69, 9.17) is 15.7 Å². The number of nitrogens with zero attached hydrogens (tertiary/aromatic N) is 9. The molecule has 1 fully saturated rings. The van der Waals surface area contributed by atoms with Gasteiger partial charge in [0, 0.05) is 55.9 Å². The number of aromatic nitrogens is 6. The second-order valence-corrected chi connectivity index (χ2v) is 10.9.